The molecule has 0 aliphatic carbocycles. The van der Waals surface area contributed by atoms with Gasteiger partial charge in [-0.2, -0.15) is 13.2 Å². The normalized spacial score (nSPS) is 11.6. The SMILES string of the molecule is COc1ccc(-c2cc3nccn3c(SCc3cccc(C(F)(F)F)c3)n2)cc1OC. The molecule has 0 aliphatic rings. The molecule has 0 spiro atoms. The summed E-state index contributed by atoms with van der Waals surface area (Å²) in [6.45, 7) is 0. The third-order valence-electron chi connectivity index (χ3n) is 4.66. The van der Waals surface area contributed by atoms with Crippen LogP contribution in [0.5, 0.6) is 11.5 Å². The minimum atomic E-state index is -4.37. The van der Waals surface area contributed by atoms with Crippen LogP contribution in [0.1, 0.15) is 11.1 Å². The van der Waals surface area contributed by atoms with Crippen LogP contribution >= 0.6 is 11.8 Å². The van der Waals surface area contributed by atoms with Crippen LogP contribution in [0, 0.1) is 0 Å². The van der Waals surface area contributed by atoms with Crippen molar-refractivity contribution in [3.63, 3.8) is 0 Å². The molecule has 5 nitrogen and oxygen atoms in total. The Kier molecular flexibility index (Phi) is 5.77. The monoisotopic (exact) mass is 445 g/mol. The smallest absolute Gasteiger partial charge is 0.416 e. The van der Waals surface area contributed by atoms with E-state index in [1.807, 2.05) is 22.6 Å². The van der Waals surface area contributed by atoms with Crippen molar-refractivity contribution < 1.29 is 22.6 Å². The number of hydrogen-bond donors (Lipinski definition) is 0. The molecule has 0 saturated heterocycles. The fraction of sp³-hybridized carbons (Fsp3) is 0.182. The quantitative estimate of drug-likeness (QED) is 0.280. The Morgan fingerprint density at radius 2 is 1.81 bits per heavy atom. The van der Waals surface area contributed by atoms with E-state index in [0.29, 0.717) is 39.3 Å². The molecular formula is C22H18F3N3O2S. The van der Waals surface area contributed by atoms with Crippen LogP contribution in [-0.4, -0.2) is 28.6 Å². The minimum Gasteiger partial charge on any atom is -0.493 e. The predicted molar refractivity (Wildman–Crippen MR) is 113 cm³/mol. The Morgan fingerprint density at radius 1 is 1.00 bits per heavy atom. The maximum absolute atomic E-state index is 13.0. The van der Waals surface area contributed by atoms with Crippen molar-refractivity contribution in [3.8, 4) is 22.8 Å². The first kappa shape index (κ1) is 21.0. The lowest BCUT2D eigenvalue weighted by molar-refractivity contribution is -0.137. The van der Waals surface area contributed by atoms with Crippen molar-refractivity contribution in [1.29, 1.82) is 0 Å². The van der Waals surface area contributed by atoms with E-state index in [-0.39, 0.29) is 0 Å². The molecule has 160 valence electrons. The van der Waals surface area contributed by atoms with Crippen LogP contribution in [0.4, 0.5) is 13.2 Å². The molecule has 0 bridgehead atoms. The van der Waals surface area contributed by atoms with Gasteiger partial charge in [0, 0.05) is 29.8 Å². The summed E-state index contributed by atoms with van der Waals surface area (Å²) in [5.74, 6) is 1.51. The first-order chi connectivity index (χ1) is 14.9. The number of methoxy groups -OCH3 is 2. The van der Waals surface area contributed by atoms with Crippen LogP contribution in [-0.2, 0) is 11.9 Å². The highest BCUT2D eigenvalue weighted by Crippen LogP contribution is 2.34. The van der Waals surface area contributed by atoms with E-state index < -0.39 is 11.7 Å². The zero-order valence-electron chi connectivity index (χ0n) is 16.7. The number of ether oxygens (including phenoxy) is 2. The molecule has 4 aromatic rings. The molecule has 2 heterocycles. The largest absolute Gasteiger partial charge is 0.493 e. The summed E-state index contributed by atoms with van der Waals surface area (Å²) in [5, 5.41) is 0.622. The highest BCUT2D eigenvalue weighted by atomic mass is 32.2. The lowest BCUT2D eigenvalue weighted by Gasteiger charge is -2.12. The Labute approximate surface area is 180 Å². The first-order valence-corrected chi connectivity index (χ1v) is 10.2. The van der Waals surface area contributed by atoms with Crippen molar-refractivity contribution in [2.45, 2.75) is 17.1 Å². The highest BCUT2D eigenvalue weighted by Gasteiger charge is 2.30. The summed E-state index contributed by atoms with van der Waals surface area (Å²) in [5.41, 5.74) is 2.07. The molecule has 0 amide bonds. The molecule has 2 aromatic heterocycles. The molecule has 31 heavy (non-hydrogen) atoms. The number of alkyl halides is 3. The highest BCUT2D eigenvalue weighted by molar-refractivity contribution is 7.98. The second-order valence-electron chi connectivity index (χ2n) is 6.64. The van der Waals surface area contributed by atoms with Gasteiger partial charge >= 0.3 is 6.18 Å². The minimum absolute atomic E-state index is 0.333. The topological polar surface area (TPSA) is 48.7 Å². The zero-order valence-corrected chi connectivity index (χ0v) is 17.5. The summed E-state index contributed by atoms with van der Waals surface area (Å²) in [6, 6.07) is 12.6. The summed E-state index contributed by atoms with van der Waals surface area (Å²) in [6.07, 6.45) is -0.942. The number of thioether (sulfide) groups is 1. The predicted octanol–water partition coefficient (Wildman–Crippen LogP) is 5.72. The van der Waals surface area contributed by atoms with Crippen molar-refractivity contribution >= 4 is 17.4 Å². The molecule has 0 radical (unpaired) electrons. The van der Waals surface area contributed by atoms with Gasteiger partial charge in [-0.3, -0.25) is 4.40 Å². The van der Waals surface area contributed by atoms with Crippen LogP contribution in [0.25, 0.3) is 16.9 Å². The standard InChI is InChI=1S/C22H18F3N3O2S/c1-29-18-7-6-15(11-19(18)30-2)17-12-20-26-8-9-28(20)21(27-17)31-13-14-4-3-5-16(10-14)22(23,24)25/h3-12H,13H2,1-2H3. The van der Waals surface area contributed by atoms with Gasteiger partial charge in [-0.1, -0.05) is 30.0 Å². The first-order valence-electron chi connectivity index (χ1n) is 9.24. The number of nitrogens with zero attached hydrogens (tertiary/aromatic N) is 3. The van der Waals surface area contributed by atoms with Crippen LogP contribution in [0.3, 0.4) is 0 Å². The van der Waals surface area contributed by atoms with E-state index in [1.54, 1.807) is 38.7 Å². The lowest BCUT2D eigenvalue weighted by atomic mass is 10.1. The van der Waals surface area contributed by atoms with Crippen molar-refractivity contribution in [1.82, 2.24) is 14.4 Å². The van der Waals surface area contributed by atoms with E-state index in [1.165, 1.54) is 17.8 Å². The lowest BCUT2D eigenvalue weighted by Crippen LogP contribution is -2.05. The van der Waals surface area contributed by atoms with E-state index in [0.717, 1.165) is 17.7 Å². The number of benzene rings is 2. The molecule has 0 atom stereocenters. The number of aromatic nitrogens is 3. The van der Waals surface area contributed by atoms with Gasteiger partial charge in [0.2, 0.25) is 0 Å². The molecule has 0 fully saturated rings. The third kappa shape index (κ3) is 4.46. The number of imidazole rings is 1. The summed E-state index contributed by atoms with van der Waals surface area (Å²) < 4.78 is 51.5. The average molecular weight is 445 g/mol. The molecule has 4 rings (SSSR count). The number of rotatable bonds is 6. The number of halogens is 3. The van der Waals surface area contributed by atoms with Gasteiger partial charge in [0.05, 0.1) is 25.5 Å². The number of hydrogen-bond acceptors (Lipinski definition) is 5. The van der Waals surface area contributed by atoms with E-state index in [9.17, 15) is 13.2 Å². The fourth-order valence-corrected chi connectivity index (χ4v) is 4.06. The van der Waals surface area contributed by atoms with E-state index in [2.05, 4.69) is 4.98 Å². The second-order valence-corrected chi connectivity index (χ2v) is 7.58. The van der Waals surface area contributed by atoms with E-state index in [4.69, 9.17) is 14.5 Å². The van der Waals surface area contributed by atoms with E-state index >= 15 is 0 Å². The van der Waals surface area contributed by atoms with Gasteiger partial charge in [0.15, 0.2) is 16.7 Å². The van der Waals surface area contributed by atoms with Gasteiger partial charge in [-0.15, -0.1) is 0 Å². The van der Waals surface area contributed by atoms with Crippen LogP contribution in [0.15, 0.2) is 66.1 Å². The fourth-order valence-electron chi connectivity index (χ4n) is 3.13. The van der Waals surface area contributed by atoms with Gasteiger partial charge in [-0.05, 0) is 29.8 Å². The second kappa shape index (κ2) is 8.50. The van der Waals surface area contributed by atoms with Gasteiger partial charge in [-0.25, -0.2) is 9.97 Å². The Bertz CT molecular complexity index is 1220. The molecule has 9 heteroatoms. The van der Waals surface area contributed by atoms with Crippen LogP contribution < -0.4 is 9.47 Å². The third-order valence-corrected chi connectivity index (χ3v) is 5.68. The Morgan fingerprint density at radius 3 is 2.55 bits per heavy atom. The van der Waals surface area contributed by atoms with Crippen molar-refractivity contribution in [2.75, 3.05) is 14.2 Å². The number of fused-ring (bicyclic) bond motifs is 1. The summed E-state index contributed by atoms with van der Waals surface area (Å²) in [4.78, 5) is 9.08. The summed E-state index contributed by atoms with van der Waals surface area (Å²) in [7, 11) is 3.12. The average Bonchev–Trinajstić information content (AvgIpc) is 3.25. The van der Waals surface area contributed by atoms with Crippen molar-refractivity contribution in [2.24, 2.45) is 0 Å². The molecule has 0 N–H and O–H groups in total. The molecule has 0 unspecified atom stereocenters. The zero-order chi connectivity index (χ0) is 22.0. The molecule has 0 aliphatic heterocycles. The molecular weight excluding hydrogens is 427 g/mol. The maximum atomic E-state index is 13.0. The summed E-state index contributed by atoms with van der Waals surface area (Å²) >= 11 is 1.34. The van der Waals surface area contributed by atoms with Crippen molar-refractivity contribution in [3.05, 3.63) is 72.1 Å². The van der Waals surface area contributed by atoms with Gasteiger partial charge in [0.1, 0.15) is 5.65 Å². The molecule has 2 aromatic carbocycles. The van der Waals surface area contributed by atoms with Gasteiger partial charge < -0.3 is 9.47 Å². The Balaban J connectivity index is 1.67. The molecule has 0 saturated carbocycles. The van der Waals surface area contributed by atoms with Crippen LogP contribution in [0.2, 0.25) is 0 Å². The van der Waals surface area contributed by atoms with Gasteiger partial charge in [0.25, 0.3) is 0 Å². The Hall–Kier alpha value is -3.20. The maximum Gasteiger partial charge on any atom is 0.416 e.